The van der Waals surface area contributed by atoms with E-state index >= 15 is 0 Å². The number of carbonyl (C=O) groups excluding carboxylic acids is 2. The van der Waals surface area contributed by atoms with Crippen molar-refractivity contribution in [2.45, 2.75) is 19.4 Å². The van der Waals surface area contributed by atoms with Crippen LogP contribution >= 0.6 is 22.9 Å². The highest BCUT2D eigenvalue weighted by atomic mass is 35.5. The monoisotopic (exact) mass is 388 g/mol. The third-order valence-corrected chi connectivity index (χ3v) is 4.96. The summed E-state index contributed by atoms with van der Waals surface area (Å²) in [7, 11) is 0. The molecule has 0 bridgehead atoms. The molecule has 0 saturated heterocycles. The van der Waals surface area contributed by atoms with E-state index in [4.69, 9.17) is 11.6 Å². The standard InChI is InChI=1S/C18H17ClN4O2S/c1-12(24)21-15(17-3-2-8-26-17)10-18(25)22-13-4-5-16(14(19)9-13)23-7-6-20-11-23/h2-9,11,15H,10H2,1H3,(H,21,24)(H,22,25). The number of thiophene rings is 1. The zero-order chi connectivity index (χ0) is 18.5. The Kier molecular flexibility index (Phi) is 5.70. The lowest BCUT2D eigenvalue weighted by molar-refractivity contribution is -0.120. The summed E-state index contributed by atoms with van der Waals surface area (Å²) in [5.41, 5.74) is 1.37. The molecule has 1 atom stereocenters. The molecular formula is C18H17ClN4O2S. The van der Waals surface area contributed by atoms with Crippen LogP contribution in [0, 0.1) is 0 Å². The molecule has 2 amide bonds. The fourth-order valence-corrected chi connectivity index (χ4v) is 3.61. The van der Waals surface area contributed by atoms with Crippen molar-refractivity contribution in [2.24, 2.45) is 0 Å². The number of halogens is 1. The number of rotatable bonds is 6. The zero-order valence-electron chi connectivity index (χ0n) is 14.0. The highest BCUT2D eigenvalue weighted by Crippen LogP contribution is 2.26. The van der Waals surface area contributed by atoms with Gasteiger partial charge in [-0.15, -0.1) is 11.3 Å². The van der Waals surface area contributed by atoms with Gasteiger partial charge in [-0.1, -0.05) is 17.7 Å². The van der Waals surface area contributed by atoms with Crippen LogP contribution in [0.15, 0.2) is 54.4 Å². The van der Waals surface area contributed by atoms with Gasteiger partial charge in [-0.2, -0.15) is 0 Å². The van der Waals surface area contributed by atoms with Crippen molar-refractivity contribution in [2.75, 3.05) is 5.32 Å². The first-order valence-electron chi connectivity index (χ1n) is 7.91. The molecule has 2 N–H and O–H groups in total. The average Bonchev–Trinajstić information content (AvgIpc) is 3.28. The summed E-state index contributed by atoms with van der Waals surface area (Å²) in [5.74, 6) is -0.382. The lowest BCUT2D eigenvalue weighted by atomic mass is 10.1. The Morgan fingerprint density at radius 2 is 2.19 bits per heavy atom. The van der Waals surface area contributed by atoms with E-state index in [1.54, 1.807) is 35.4 Å². The molecule has 1 unspecified atom stereocenters. The van der Waals surface area contributed by atoms with Crippen molar-refractivity contribution in [3.8, 4) is 5.69 Å². The molecule has 1 aromatic carbocycles. The van der Waals surface area contributed by atoms with E-state index in [0.717, 1.165) is 10.6 Å². The number of hydrogen-bond donors (Lipinski definition) is 2. The molecule has 0 fully saturated rings. The molecule has 0 saturated carbocycles. The minimum absolute atomic E-state index is 0.140. The number of anilines is 1. The number of benzene rings is 1. The van der Waals surface area contributed by atoms with Crippen LogP contribution in [0.5, 0.6) is 0 Å². The van der Waals surface area contributed by atoms with Gasteiger partial charge in [0.15, 0.2) is 0 Å². The third kappa shape index (κ3) is 4.50. The van der Waals surface area contributed by atoms with Gasteiger partial charge in [-0.25, -0.2) is 4.98 Å². The quantitative estimate of drug-likeness (QED) is 0.674. The summed E-state index contributed by atoms with van der Waals surface area (Å²) in [4.78, 5) is 28.8. The molecule has 8 heteroatoms. The topological polar surface area (TPSA) is 76.0 Å². The second-order valence-electron chi connectivity index (χ2n) is 5.66. The first kappa shape index (κ1) is 18.2. The van der Waals surface area contributed by atoms with Crippen LogP contribution in [0.4, 0.5) is 5.69 Å². The van der Waals surface area contributed by atoms with Gasteiger partial charge in [0, 0.05) is 29.9 Å². The second kappa shape index (κ2) is 8.16. The summed E-state index contributed by atoms with van der Waals surface area (Å²) in [6.45, 7) is 1.44. The first-order valence-corrected chi connectivity index (χ1v) is 9.17. The van der Waals surface area contributed by atoms with Gasteiger partial charge < -0.3 is 15.2 Å². The minimum atomic E-state index is -0.354. The Bertz CT molecular complexity index is 894. The van der Waals surface area contributed by atoms with Gasteiger partial charge in [0.05, 0.1) is 29.5 Å². The number of nitrogens with one attached hydrogen (secondary N) is 2. The van der Waals surface area contributed by atoms with Crippen LogP contribution in [-0.2, 0) is 9.59 Å². The molecule has 2 aromatic heterocycles. The number of hydrogen-bond acceptors (Lipinski definition) is 4. The maximum atomic E-state index is 12.4. The van der Waals surface area contributed by atoms with Crippen molar-refractivity contribution in [3.05, 3.63) is 64.3 Å². The molecule has 6 nitrogen and oxygen atoms in total. The van der Waals surface area contributed by atoms with E-state index in [1.165, 1.54) is 18.3 Å². The van der Waals surface area contributed by atoms with Crippen LogP contribution in [0.25, 0.3) is 5.69 Å². The third-order valence-electron chi connectivity index (χ3n) is 3.67. The van der Waals surface area contributed by atoms with Gasteiger partial charge >= 0.3 is 0 Å². The highest BCUT2D eigenvalue weighted by Gasteiger charge is 2.18. The SMILES string of the molecule is CC(=O)NC(CC(=O)Nc1ccc(-n2ccnc2)c(Cl)c1)c1cccs1. The van der Waals surface area contributed by atoms with E-state index in [9.17, 15) is 9.59 Å². The summed E-state index contributed by atoms with van der Waals surface area (Å²) in [6, 6.07) is 8.71. The van der Waals surface area contributed by atoms with E-state index in [-0.39, 0.29) is 24.3 Å². The summed E-state index contributed by atoms with van der Waals surface area (Å²) in [5, 5.41) is 8.05. The largest absolute Gasteiger partial charge is 0.348 e. The number of amides is 2. The Morgan fingerprint density at radius 1 is 1.35 bits per heavy atom. The molecule has 3 aromatic rings. The van der Waals surface area contributed by atoms with Gasteiger partial charge in [-0.05, 0) is 29.6 Å². The predicted octanol–water partition coefficient (Wildman–Crippen LogP) is 3.79. The minimum Gasteiger partial charge on any atom is -0.348 e. The van der Waals surface area contributed by atoms with Gasteiger partial charge in [0.1, 0.15) is 0 Å². The summed E-state index contributed by atoms with van der Waals surface area (Å²) >= 11 is 7.80. The molecule has 0 radical (unpaired) electrons. The number of carbonyl (C=O) groups is 2. The van der Waals surface area contributed by atoms with Crippen LogP contribution in [-0.4, -0.2) is 21.4 Å². The number of imidazole rings is 1. The Labute approximate surface area is 159 Å². The number of aromatic nitrogens is 2. The van der Waals surface area contributed by atoms with Crippen LogP contribution in [0.1, 0.15) is 24.3 Å². The molecule has 2 heterocycles. The molecule has 26 heavy (non-hydrogen) atoms. The van der Waals surface area contributed by atoms with Crippen molar-refractivity contribution in [1.29, 1.82) is 0 Å². The van der Waals surface area contributed by atoms with E-state index in [2.05, 4.69) is 15.6 Å². The predicted molar refractivity (Wildman–Crippen MR) is 103 cm³/mol. The van der Waals surface area contributed by atoms with Crippen molar-refractivity contribution in [1.82, 2.24) is 14.9 Å². The average molecular weight is 389 g/mol. The molecule has 3 rings (SSSR count). The highest BCUT2D eigenvalue weighted by molar-refractivity contribution is 7.10. The maximum absolute atomic E-state index is 12.4. The fraction of sp³-hybridized carbons (Fsp3) is 0.167. The lowest BCUT2D eigenvalue weighted by Crippen LogP contribution is -2.29. The zero-order valence-corrected chi connectivity index (χ0v) is 15.6. The molecule has 134 valence electrons. The lowest BCUT2D eigenvalue weighted by Gasteiger charge is -2.16. The number of nitrogens with zero attached hydrogens (tertiary/aromatic N) is 2. The smallest absolute Gasteiger partial charge is 0.226 e. The fourth-order valence-electron chi connectivity index (χ4n) is 2.55. The first-order chi connectivity index (χ1) is 12.5. The maximum Gasteiger partial charge on any atom is 0.226 e. The van der Waals surface area contributed by atoms with Gasteiger partial charge in [-0.3, -0.25) is 9.59 Å². The van der Waals surface area contributed by atoms with Gasteiger partial charge in [0.2, 0.25) is 11.8 Å². The van der Waals surface area contributed by atoms with Gasteiger partial charge in [0.25, 0.3) is 0 Å². The van der Waals surface area contributed by atoms with E-state index in [0.29, 0.717) is 10.7 Å². The van der Waals surface area contributed by atoms with Crippen molar-refractivity contribution >= 4 is 40.4 Å². The van der Waals surface area contributed by atoms with Crippen molar-refractivity contribution in [3.63, 3.8) is 0 Å². The van der Waals surface area contributed by atoms with Crippen LogP contribution in [0.3, 0.4) is 0 Å². The van der Waals surface area contributed by atoms with Crippen LogP contribution < -0.4 is 10.6 Å². The van der Waals surface area contributed by atoms with E-state index < -0.39 is 0 Å². The molecule has 0 aliphatic heterocycles. The molecule has 0 aliphatic carbocycles. The Morgan fingerprint density at radius 3 is 2.81 bits per heavy atom. The molecular weight excluding hydrogens is 372 g/mol. The van der Waals surface area contributed by atoms with Crippen LogP contribution in [0.2, 0.25) is 5.02 Å². The Hall–Kier alpha value is -2.64. The van der Waals surface area contributed by atoms with E-state index in [1.807, 2.05) is 23.6 Å². The Balaban J connectivity index is 1.69. The summed E-state index contributed by atoms with van der Waals surface area (Å²) in [6.07, 6.45) is 5.25. The normalized spacial score (nSPS) is 11.8. The second-order valence-corrected chi connectivity index (χ2v) is 7.04. The molecule has 0 aliphatic rings. The molecule has 0 spiro atoms. The van der Waals surface area contributed by atoms with Crippen molar-refractivity contribution < 1.29 is 9.59 Å². The summed E-state index contributed by atoms with van der Waals surface area (Å²) < 4.78 is 1.79.